The Hall–Kier alpha value is -2.01. The molecular weight excluding hydrogens is 234 g/mol. The van der Waals surface area contributed by atoms with Crippen LogP contribution in [0.1, 0.15) is 18.2 Å². The number of ether oxygens (including phenoxy) is 2. The highest BCUT2D eigenvalue weighted by molar-refractivity contribution is 5.42. The van der Waals surface area contributed by atoms with Crippen molar-refractivity contribution >= 4 is 0 Å². The van der Waals surface area contributed by atoms with Crippen LogP contribution in [0.4, 0.5) is 0 Å². The second kappa shape index (κ2) is 6.07. The minimum absolute atomic E-state index is 0.0253. The van der Waals surface area contributed by atoms with Crippen LogP contribution < -0.4 is 9.47 Å². The van der Waals surface area contributed by atoms with Crippen molar-refractivity contribution in [2.24, 2.45) is 0 Å². The van der Waals surface area contributed by atoms with Gasteiger partial charge in [0.15, 0.2) is 17.3 Å². The summed E-state index contributed by atoms with van der Waals surface area (Å²) in [6.07, 6.45) is 1.57. The average molecular weight is 249 g/mol. The molecule has 0 radical (unpaired) electrons. The van der Waals surface area contributed by atoms with E-state index in [4.69, 9.17) is 19.1 Å². The molecule has 0 aliphatic heterocycles. The molecule has 0 amide bonds. The molecule has 0 aliphatic rings. The van der Waals surface area contributed by atoms with Gasteiger partial charge >= 0.3 is 0 Å². The van der Waals surface area contributed by atoms with Crippen LogP contribution in [0.2, 0.25) is 0 Å². The third kappa shape index (κ3) is 3.01. The molecule has 0 bridgehead atoms. The van der Waals surface area contributed by atoms with Crippen LogP contribution in [0.25, 0.3) is 0 Å². The van der Waals surface area contributed by atoms with Crippen LogP contribution in [0.15, 0.2) is 35.0 Å². The van der Waals surface area contributed by atoms with Gasteiger partial charge < -0.3 is 19.1 Å². The van der Waals surface area contributed by atoms with E-state index in [1.807, 2.05) is 6.92 Å². The second-order valence-corrected chi connectivity index (χ2v) is 3.64. The molecule has 0 saturated heterocycles. The number of nitrogens with zero attached hydrogens (tertiary/aromatic N) is 1. The zero-order chi connectivity index (χ0) is 12.8. The molecule has 0 unspecified atom stereocenters. The first-order chi connectivity index (χ1) is 8.83. The fraction of sp³-hybridized carbons (Fsp3) is 0.308. The van der Waals surface area contributed by atoms with E-state index in [0.717, 1.165) is 5.56 Å². The molecule has 1 N–H and O–H groups in total. The van der Waals surface area contributed by atoms with E-state index >= 15 is 0 Å². The summed E-state index contributed by atoms with van der Waals surface area (Å²) in [6.45, 7) is 2.69. The smallest absolute Gasteiger partial charge is 0.174 e. The minimum Gasteiger partial charge on any atom is -0.490 e. The van der Waals surface area contributed by atoms with E-state index in [9.17, 15) is 0 Å². The van der Waals surface area contributed by atoms with Gasteiger partial charge in [0.05, 0.1) is 19.4 Å². The van der Waals surface area contributed by atoms with E-state index in [2.05, 4.69) is 5.16 Å². The van der Waals surface area contributed by atoms with Crippen LogP contribution >= 0.6 is 0 Å². The molecule has 5 nitrogen and oxygen atoms in total. The molecule has 2 rings (SSSR count). The Balaban J connectivity index is 2.10. The number of hydrogen-bond acceptors (Lipinski definition) is 5. The van der Waals surface area contributed by atoms with Crippen LogP contribution in [-0.2, 0) is 13.2 Å². The molecule has 1 heterocycles. The van der Waals surface area contributed by atoms with Crippen molar-refractivity contribution in [2.45, 2.75) is 20.1 Å². The Labute approximate surface area is 105 Å². The van der Waals surface area contributed by atoms with Gasteiger partial charge in [0.2, 0.25) is 0 Å². The van der Waals surface area contributed by atoms with Crippen molar-refractivity contribution in [1.29, 1.82) is 0 Å². The number of aromatic nitrogens is 1. The molecule has 96 valence electrons. The molecule has 2 aromatic rings. The van der Waals surface area contributed by atoms with Crippen molar-refractivity contribution in [3.63, 3.8) is 0 Å². The highest BCUT2D eigenvalue weighted by Crippen LogP contribution is 2.29. The first-order valence-electron chi connectivity index (χ1n) is 5.72. The van der Waals surface area contributed by atoms with E-state index in [1.165, 1.54) is 0 Å². The second-order valence-electron chi connectivity index (χ2n) is 3.64. The summed E-state index contributed by atoms with van der Waals surface area (Å²) in [7, 11) is 0. The number of rotatable bonds is 6. The number of aliphatic hydroxyl groups is 1. The molecule has 1 aromatic heterocycles. The van der Waals surface area contributed by atoms with Gasteiger partial charge in [-0.3, -0.25) is 0 Å². The van der Waals surface area contributed by atoms with Gasteiger partial charge in [0, 0.05) is 6.07 Å². The first kappa shape index (κ1) is 12.4. The zero-order valence-electron chi connectivity index (χ0n) is 10.1. The summed E-state index contributed by atoms with van der Waals surface area (Å²) in [4.78, 5) is 0. The summed E-state index contributed by atoms with van der Waals surface area (Å²) in [6, 6.07) is 7.06. The predicted octanol–water partition coefficient (Wildman–Crippen LogP) is 2.14. The molecule has 5 heteroatoms. The lowest BCUT2D eigenvalue weighted by Gasteiger charge is -2.11. The van der Waals surface area contributed by atoms with E-state index in [0.29, 0.717) is 30.5 Å². The van der Waals surface area contributed by atoms with Gasteiger partial charge in [0.25, 0.3) is 0 Å². The summed E-state index contributed by atoms with van der Waals surface area (Å²) in [5.41, 5.74) is 0.783. The fourth-order valence-electron chi connectivity index (χ4n) is 1.50. The summed E-state index contributed by atoms with van der Waals surface area (Å²) in [5, 5.41) is 12.7. The molecular formula is C13H15NO4. The maximum atomic E-state index is 9.08. The predicted molar refractivity (Wildman–Crippen MR) is 64.4 cm³/mol. The van der Waals surface area contributed by atoms with E-state index in [1.54, 1.807) is 30.5 Å². The van der Waals surface area contributed by atoms with Crippen LogP contribution in [0.3, 0.4) is 0 Å². The van der Waals surface area contributed by atoms with Gasteiger partial charge in [0.1, 0.15) is 6.61 Å². The Morgan fingerprint density at radius 1 is 1.22 bits per heavy atom. The number of aliphatic hydroxyl groups excluding tert-OH is 1. The van der Waals surface area contributed by atoms with Crippen LogP contribution in [0.5, 0.6) is 11.5 Å². The fourth-order valence-corrected chi connectivity index (χ4v) is 1.50. The van der Waals surface area contributed by atoms with Crippen LogP contribution in [-0.4, -0.2) is 16.9 Å². The highest BCUT2D eigenvalue weighted by Gasteiger charge is 2.07. The van der Waals surface area contributed by atoms with Crippen molar-refractivity contribution in [3.05, 3.63) is 41.8 Å². The highest BCUT2D eigenvalue weighted by atomic mass is 16.5. The van der Waals surface area contributed by atoms with Gasteiger partial charge in [-0.25, -0.2) is 0 Å². The summed E-state index contributed by atoms with van der Waals surface area (Å²) >= 11 is 0. The maximum absolute atomic E-state index is 9.08. The van der Waals surface area contributed by atoms with Crippen molar-refractivity contribution in [2.75, 3.05) is 6.61 Å². The normalized spacial score (nSPS) is 10.3. The average Bonchev–Trinajstić information content (AvgIpc) is 2.90. The third-order valence-electron chi connectivity index (χ3n) is 2.35. The Morgan fingerprint density at radius 3 is 2.78 bits per heavy atom. The summed E-state index contributed by atoms with van der Waals surface area (Å²) < 4.78 is 16.0. The largest absolute Gasteiger partial charge is 0.490 e. The summed E-state index contributed by atoms with van der Waals surface area (Å²) in [5.74, 6) is 1.87. The van der Waals surface area contributed by atoms with E-state index in [-0.39, 0.29) is 6.61 Å². The van der Waals surface area contributed by atoms with E-state index < -0.39 is 0 Å². The monoisotopic (exact) mass is 249 g/mol. The lowest BCUT2D eigenvalue weighted by atomic mass is 10.2. The molecule has 1 aromatic carbocycles. The Bertz CT molecular complexity index is 482. The van der Waals surface area contributed by atoms with Crippen LogP contribution in [0, 0.1) is 0 Å². The molecule has 0 spiro atoms. The Kier molecular flexibility index (Phi) is 4.20. The Morgan fingerprint density at radius 2 is 2.11 bits per heavy atom. The lowest BCUT2D eigenvalue weighted by molar-refractivity contribution is 0.232. The third-order valence-corrected chi connectivity index (χ3v) is 2.35. The zero-order valence-corrected chi connectivity index (χ0v) is 10.1. The maximum Gasteiger partial charge on any atom is 0.174 e. The van der Waals surface area contributed by atoms with Gasteiger partial charge in [-0.15, -0.1) is 0 Å². The van der Waals surface area contributed by atoms with Gasteiger partial charge in [-0.1, -0.05) is 11.2 Å². The van der Waals surface area contributed by atoms with Crippen molar-refractivity contribution in [3.8, 4) is 11.5 Å². The molecule has 0 fully saturated rings. The first-order valence-corrected chi connectivity index (χ1v) is 5.72. The number of hydrogen-bond donors (Lipinski definition) is 1. The van der Waals surface area contributed by atoms with Crippen molar-refractivity contribution < 1.29 is 19.1 Å². The van der Waals surface area contributed by atoms with Crippen molar-refractivity contribution in [1.82, 2.24) is 5.16 Å². The van der Waals surface area contributed by atoms with Gasteiger partial charge in [-0.05, 0) is 24.6 Å². The lowest BCUT2D eigenvalue weighted by Crippen LogP contribution is -2.00. The molecule has 0 saturated carbocycles. The topological polar surface area (TPSA) is 64.7 Å². The van der Waals surface area contributed by atoms with Gasteiger partial charge in [-0.2, -0.15) is 0 Å². The standard InChI is InChI=1S/C13H15NO4/c1-2-16-13-7-10(8-15)3-4-12(13)17-9-11-5-6-14-18-11/h3-7,15H,2,8-9H2,1H3. The SMILES string of the molecule is CCOc1cc(CO)ccc1OCc1ccno1. The number of benzene rings is 1. The molecule has 18 heavy (non-hydrogen) atoms. The molecule has 0 atom stereocenters. The molecule has 0 aliphatic carbocycles. The minimum atomic E-state index is -0.0253. The quantitative estimate of drug-likeness (QED) is 0.849.